The zero-order valence-electron chi connectivity index (χ0n) is 8.70. The summed E-state index contributed by atoms with van der Waals surface area (Å²) in [6.07, 6.45) is 1.55. The summed E-state index contributed by atoms with van der Waals surface area (Å²) in [5.41, 5.74) is 3.12. The Labute approximate surface area is 96.4 Å². The molecule has 0 aliphatic heterocycles. The number of hydrogen-bond acceptors (Lipinski definition) is 6. The average molecular weight is 231 g/mol. The van der Waals surface area contributed by atoms with Crippen LogP contribution in [0.25, 0.3) is 11.4 Å². The first kappa shape index (κ1) is 11.0. The van der Waals surface area contributed by atoms with E-state index in [1.54, 1.807) is 24.4 Å². The lowest BCUT2D eigenvalue weighted by molar-refractivity contribution is -0.384. The minimum atomic E-state index is -0.456. The van der Waals surface area contributed by atoms with E-state index in [0.29, 0.717) is 17.2 Å². The third kappa shape index (κ3) is 2.34. The predicted octanol–water partition coefficient (Wildman–Crippen LogP) is 1.34. The summed E-state index contributed by atoms with van der Waals surface area (Å²) >= 11 is 0. The van der Waals surface area contributed by atoms with Gasteiger partial charge < -0.3 is 5.43 Å². The highest BCUT2D eigenvalue weighted by Crippen LogP contribution is 2.19. The van der Waals surface area contributed by atoms with Gasteiger partial charge in [-0.15, -0.1) is 0 Å². The molecule has 7 nitrogen and oxygen atoms in total. The van der Waals surface area contributed by atoms with Crippen LogP contribution in [0.4, 0.5) is 11.5 Å². The van der Waals surface area contributed by atoms with Crippen molar-refractivity contribution in [1.82, 2.24) is 9.97 Å². The zero-order valence-corrected chi connectivity index (χ0v) is 8.70. The minimum absolute atomic E-state index is 0.0295. The van der Waals surface area contributed by atoms with Gasteiger partial charge >= 0.3 is 0 Å². The molecule has 0 saturated heterocycles. The predicted molar refractivity (Wildman–Crippen MR) is 61.9 cm³/mol. The van der Waals surface area contributed by atoms with Crippen molar-refractivity contribution in [2.45, 2.75) is 0 Å². The molecule has 1 heterocycles. The molecule has 0 amide bonds. The second-order valence-electron chi connectivity index (χ2n) is 3.21. The van der Waals surface area contributed by atoms with Gasteiger partial charge in [0.15, 0.2) is 5.82 Å². The summed E-state index contributed by atoms with van der Waals surface area (Å²) in [6, 6.07) is 7.61. The number of nitro groups is 1. The molecule has 7 heteroatoms. The van der Waals surface area contributed by atoms with Gasteiger partial charge in [-0.1, -0.05) is 0 Å². The summed E-state index contributed by atoms with van der Waals surface area (Å²) in [7, 11) is 0. The molecular formula is C10H9N5O2. The first-order valence-electron chi connectivity index (χ1n) is 4.75. The fraction of sp³-hybridized carbons (Fsp3) is 0. The third-order valence-electron chi connectivity index (χ3n) is 2.14. The topological polar surface area (TPSA) is 107 Å². The Morgan fingerprint density at radius 3 is 2.53 bits per heavy atom. The fourth-order valence-corrected chi connectivity index (χ4v) is 1.31. The molecule has 3 N–H and O–H groups in total. The van der Waals surface area contributed by atoms with Crippen molar-refractivity contribution in [3.8, 4) is 11.4 Å². The van der Waals surface area contributed by atoms with Crippen molar-refractivity contribution in [3.63, 3.8) is 0 Å². The molecule has 0 fully saturated rings. The second kappa shape index (κ2) is 4.54. The van der Waals surface area contributed by atoms with Crippen LogP contribution in [-0.2, 0) is 0 Å². The summed E-state index contributed by atoms with van der Waals surface area (Å²) in [5, 5.41) is 10.5. The van der Waals surface area contributed by atoms with Gasteiger partial charge in [-0.2, -0.15) is 0 Å². The maximum Gasteiger partial charge on any atom is 0.269 e. The number of rotatable bonds is 3. The molecule has 2 aromatic rings. The van der Waals surface area contributed by atoms with E-state index in [0.717, 1.165) is 0 Å². The highest BCUT2D eigenvalue weighted by Gasteiger charge is 2.07. The zero-order chi connectivity index (χ0) is 12.3. The lowest BCUT2D eigenvalue weighted by Gasteiger charge is -2.02. The van der Waals surface area contributed by atoms with Crippen LogP contribution in [0.1, 0.15) is 0 Å². The Balaban J connectivity index is 2.36. The van der Waals surface area contributed by atoms with Crippen LogP contribution in [0.2, 0.25) is 0 Å². The summed E-state index contributed by atoms with van der Waals surface area (Å²) in [4.78, 5) is 18.2. The van der Waals surface area contributed by atoms with Gasteiger partial charge in [0, 0.05) is 30.0 Å². The number of nitro benzene ring substituents is 1. The molecule has 0 spiro atoms. The van der Waals surface area contributed by atoms with Gasteiger partial charge in [0.1, 0.15) is 5.82 Å². The van der Waals surface area contributed by atoms with E-state index >= 15 is 0 Å². The number of nitrogen functional groups attached to an aromatic ring is 1. The molecule has 0 unspecified atom stereocenters. The first-order valence-corrected chi connectivity index (χ1v) is 4.75. The van der Waals surface area contributed by atoms with Crippen molar-refractivity contribution in [1.29, 1.82) is 0 Å². The monoisotopic (exact) mass is 231 g/mol. The second-order valence-corrected chi connectivity index (χ2v) is 3.21. The van der Waals surface area contributed by atoms with Gasteiger partial charge in [0.05, 0.1) is 4.92 Å². The molecular weight excluding hydrogens is 222 g/mol. The molecule has 0 radical (unpaired) electrons. The Hall–Kier alpha value is -2.54. The van der Waals surface area contributed by atoms with E-state index in [1.165, 1.54) is 12.1 Å². The number of non-ortho nitro benzene ring substituents is 1. The number of anilines is 1. The maximum absolute atomic E-state index is 10.5. The summed E-state index contributed by atoms with van der Waals surface area (Å²) in [6.45, 7) is 0. The van der Waals surface area contributed by atoms with Gasteiger partial charge in [-0.25, -0.2) is 15.8 Å². The number of nitrogens with two attached hydrogens (primary N) is 1. The van der Waals surface area contributed by atoms with Crippen LogP contribution < -0.4 is 11.3 Å². The Kier molecular flexibility index (Phi) is 2.93. The van der Waals surface area contributed by atoms with E-state index in [9.17, 15) is 10.1 Å². The molecule has 2 rings (SSSR count). The molecule has 1 aromatic carbocycles. The standard InChI is InChI=1S/C10H9N5O2/c11-14-9-5-6-12-10(13-9)7-1-3-8(4-2-7)15(16)17/h1-6H,11H2,(H,12,13,14). The van der Waals surface area contributed by atoms with Crippen LogP contribution in [0, 0.1) is 10.1 Å². The van der Waals surface area contributed by atoms with Crippen LogP contribution in [0.3, 0.4) is 0 Å². The Morgan fingerprint density at radius 1 is 1.24 bits per heavy atom. The molecule has 17 heavy (non-hydrogen) atoms. The van der Waals surface area contributed by atoms with E-state index in [-0.39, 0.29) is 5.69 Å². The molecule has 86 valence electrons. The van der Waals surface area contributed by atoms with E-state index in [2.05, 4.69) is 15.4 Å². The minimum Gasteiger partial charge on any atom is -0.308 e. The highest BCUT2D eigenvalue weighted by atomic mass is 16.6. The van der Waals surface area contributed by atoms with E-state index in [4.69, 9.17) is 5.84 Å². The first-order chi connectivity index (χ1) is 8.20. The van der Waals surface area contributed by atoms with Gasteiger partial charge in [0.2, 0.25) is 0 Å². The number of aromatic nitrogens is 2. The lowest BCUT2D eigenvalue weighted by atomic mass is 10.2. The molecule has 0 bridgehead atoms. The largest absolute Gasteiger partial charge is 0.308 e. The summed E-state index contributed by atoms with van der Waals surface area (Å²) in [5.74, 6) is 6.17. The molecule has 0 aliphatic rings. The SMILES string of the molecule is NNc1ccnc(-c2ccc([N+](=O)[O-])cc2)n1. The molecule has 0 aliphatic carbocycles. The summed E-state index contributed by atoms with van der Waals surface area (Å²) < 4.78 is 0. The van der Waals surface area contributed by atoms with Gasteiger partial charge in [-0.05, 0) is 12.1 Å². The van der Waals surface area contributed by atoms with Gasteiger partial charge in [0.25, 0.3) is 5.69 Å². The number of benzene rings is 1. The number of hydrogen-bond donors (Lipinski definition) is 2. The van der Waals surface area contributed by atoms with Crippen LogP contribution in [-0.4, -0.2) is 14.9 Å². The van der Waals surface area contributed by atoms with Crippen molar-refractivity contribution in [2.75, 3.05) is 5.43 Å². The maximum atomic E-state index is 10.5. The Bertz CT molecular complexity index is 541. The van der Waals surface area contributed by atoms with Crippen LogP contribution >= 0.6 is 0 Å². The van der Waals surface area contributed by atoms with E-state index < -0.39 is 4.92 Å². The number of nitrogens with one attached hydrogen (secondary N) is 1. The average Bonchev–Trinajstić information content (AvgIpc) is 2.39. The quantitative estimate of drug-likeness (QED) is 0.469. The van der Waals surface area contributed by atoms with Crippen LogP contribution in [0.15, 0.2) is 36.5 Å². The fourth-order valence-electron chi connectivity index (χ4n) is 1.31. The van der Waals surface area contributed by atoms with Gasteiger partial charge in [-0.3, -0.25) is 10.1 Å². The van der Waals surface area contributed by atoms with E-state index in [1.807, 2.05) is 0 Å². The smallest absolute Gasteiger partial charge is 0.269 e. The molecule has 0 atom stereocenters. The van der Waals surface area contributed by atoms with Crippen molar-refractivity contribution in [2.24, 2.45) is 5.84 Å². The van der Waals surface area contributed by atoms with Crippen molar-refractivity contribution >= 4 is 11.5 Å². The normalized spacial score (nSPS) is 9.94. The van der Waals surface area contributed by atoms with Crippen LogP contribution in [0.5, 0.6) is 0 Å². The lowest BCUT2D eigenvalue weighted by Crippen LogP contribution is -2.09. The van der Waals surface area contributed by atoms with Crippen molar-refractivity contribution < 1.29 is 4.92 Å². The Morgan fingerprint density at radius 2 is 1.94 bits per heavy atom. The third-order valence-corrected chi connectivity index (χ3v) is 2.14. The highest BCUT2D eigenvalue weighted by molar-refractivity contribution is 5.58. The van der Waals surface area contributed by atoms with Crippen molar-refractivity contribution in [3.05, 3.63) is 46.6 Å². The number of hydrazine groups is 1. The molecule has 1 aromatic heterocycles. The number of nitrogens with zero attached hydrogens (tertiary/aromatic N) is 3. The molecule has 0 saturated carbocycles.